The maximum atomic E-state index is 15.0. The van der Waals surface area contributed by atoms with E-state index in [2.05, 4.69) is 20.3 Å². The number of nitro groups is 1. The van der Waals surface area contributed by atoms with E-state index in [0.29, 0.717) is 0 Å². The van der Waals surface area contributed by atoms with Crippen LogP contribution in [0.25, 0.3) is 10.8 Å². The fourth-order valence-electron chi connectivity index (χ4n) is 4.99. The molecule has 0 bridgehead atoms. The maximum Gasteiger partial charge on any atom is 0.420 e. The molecule has 0 aliphatic carbocycles. The van der Waals surface area contributed by atoms with Crippen LogP contribution in [0.1, 0.15) is 49.7 Å². The third kappa shape index (κ3) is 4.47. The molecule has 3 heterocycles. The molecule has 3 unspecified atom stereocenters. The molecule has 5 rings (SSSR count). The Morgan fingerprint density at radius 3 is 2.44 bits per heavy atom. The van der Waals surface area contributed by atoms with Crippen LogP contribution in [0.15, 0.2) is 47.5 Å². The Morgan fingerprint density at radius 2 is 1.85 bits per heavy atom. The van der Waals surface area contributed by atoms with E-state index in [0.717, 1.165) is 29.2 Å². The number of aryl methyl sites for hydroxylation is 1. The average Bonchev–Trinajstić information content (AvgIpc) is 3.21. The van der Waals surface area contributed by atoms with Gasteiger partial charge in [0.25, 0.3) is 5.56 Å². The SMILES string of the molecule is Cn1ncnc1C1c2n[nH]c(=O)c3cc(F)cc(c23)N(C(=O)OC(C)(C)C)C([N+](=O)[O-])C1c1ccc(F)cc1. The summed E-state index contributed by atoms with van der Waals surface area (Å²) in [6.07, 6.45) is -1.84. The monoisotopic (exact) mass is 539 g/mol. The van der Waals surface area contributed by atoms with E-state index in [-0.39, 0.29) is 33.5 Å². The van der Waals surface area contributed by atoms with Crippen LogP contribution in [-0.2, 0) is 11.8 Å². The minimum absolute atomic E-state index is 0.00970. The second-order valence-corrected chi connectivity index (χ2v) is 10.1. The number of halogens is 2. The number of nitrogens with zero attached hydrogens (tertiary/aromatic N) is 6. The summed E-state index contributed by atoms with van der Waals surface area (Å²) < 4.78 is 35.9. The Morgan fingerprint density at radius 1 is 1.15 bits per heavy atom. The van der Waals surface area contributed by atoms with Crippen molar-refractivity contribution in [3.05, 3.63) is 91.9 Å². The molecular formula is C25H23F2N7O5. The van der Waals surface area contributed by atoms with E-state index in [1.54, 1.807) is 27.8 Å². The number of aromatic nitrogens is 5. The zero-order chi connectivity index (χ0) is 28.2. The highest BCUT2D eigenvalue weighted by Gasteiger charge is 2.53. The lowest BCUT2D eigenvalue weighted by atomic mass is 9.80. The standard InChI is InChI=1S/C25H23F2N7O5/c1-25(2,3)39-24(36)33-16-10-14(27)9-15-18(16)20(30-31-22(15)35)19(21-28-11-29-32(21)4)17(23(33)34(37)38)12-5-7-13(26)8-6-12/h5-11,17,19,23H,1-4H3,(H,31,35). The summed E-state index contributed by atoms with van der Waals surface area (Å²) in [4.78, 5) is 43.8. The van der Waals surface area contributed by atoms with Crippen LogP contribution in [0.5, 0.6) is 0 Å². The number of H-pyrrole nitrogens is 1. The second kappa shape index (κ2) is 9.22. The van der Waals surface area contributed by atoms with Gasteiger partial charge in [-0.05, 0) is 50.6 Å². The number of nitrogens with one attached hydrogen (secondary N) is 1. The van der Waals surface area contributed by atoms with Crippen molar-refractivity contribution in [2.75, 3.05) is 4.90 Å². The Balaban J connectivity index is 1.95. The van der Waals surface area contributed by atoms with E-state index < -0.39 is 51.8 Å². The first-order valence-corrected chi connectivity index (χ1v) is 11.8. The molecule has 0 saturated carbocycles. The summed E-state index contributed by atoms with van der Waals surface area (Å²) in [6, 6.07) is 6.85. The summed E-state index contributed by atoms with van der Waals surface area (Å²) in [5.74, 6) is -3.66. The topological polar surface area (TPSA) is 149 Å². The van der Waals surface area contributed by atoms with Crippen molar-refractivity contribution in [3.8, 4) is 0 Å². The minimum Gasteiger partial charge on any atom is -0.443 e. The molecule has 0 fully saturated rings. The predicted octanol–water partition coefficient (Wildman–Crippen LogP) is 3.60. The first kappa shape index (κ1) is 25.9. The lowest BCUT2D eigenvalue weighted by Gasteiger charge is -2.33. The molecule has 1 N–H and O–H groups in total. The van der Waals surface area contributed by atoms with Crippen LogP contribution in [0.4, 0.5) is 19.3 Å². The summed E-state index contributed by atoms with van der Waals surface area (Å²) in [7, 11) is 1.57. The molecule has 0 saturated heterocycles. The van der Waals surface area contributed by atoms with Gasteiger partial charge in [0.15, 0.2) is 0 Å². The molecule has 39 heavy (non-hydrogen) atoms. The number of benzene rings is 2. The molecule has 0 radical (unpaired) electrons. The van der Waals surface area contributed by atoms with Gasteiger partial charge in [-0.1, -0.05) is 12.1 Å². The highest BCUT2D eigenvalue weighted by atomic mass is 19.1. The van der Waals surface area contributed by atoms with Crippen LogP contribution < -0.4 is 10.5 Å². The molecule has 4 aromatic rings. The van der Waals surface area contributed by atoms with Gasteiger partial charge < -0.3 is 4.74 Å². The smallest absolute Gasteiger partial charge is 0.420 e. The molecular weight excluding hydrogens is 516 g/mol. The quantitative estimate of drug-likeness (QED) is 0.307. The number of rotatable bonds is 3. The van der Waals surface area contributed by atoms with Crippen LogP contribution >= 0.6 is 0 Å². The van der Waals surface area contributed by atoms with E-state index in [1.165, 1.54) is 23.1 Å². The molecule has 0 spiro atoms. The zero-order valence-corrected chi connectivity index (χ0v) is 21.3. The van der Waals surface area contributed by atoms with E-state index in [1.807, 2.05) is 0 Å². The van der Waals surface area contributed by atoms with Gasteiger partial charge >= 0.3 is 12.3 Å². The lowest BCUT2D eigenvalue weighted by Crippen LogP contribution is -2.51. The van der Waals surface area contributed by atoms with Crippen molar-refractivity contribution in [3.63, 3.8) is 0 Å². The van der Waals surface area contributed by atoms with E-state index in [4.69, 9.17) is 4.74 Å². The van der Waals surface area contributed by atoms with Crippen molar-refractivity contribution in [1.82, 2.24) is 25.0 Å². The molecule has 14 heteroatoms. The molecule has 1 aliphatic rings. The molecule has 1 aliphatic heterocycles. The average molecular weight is 539 g/mol. The fourth-order valence-corrected chi connectivity index (χ4v) is 4.99. The number of hydrogen-bond donors (Lipinski definition) is 1. The summed E-state index contributed by atoms with van der Waals surface area (Å²) in [5, 5.41) is 23.4. The molecule has 2 aromatic heterocycles. The van der Waals surface area contributed by atoms with Gasteiger partial charge in [-0.3, -0.25) is 19.6 Å². The number of amides is 1. The number of carbonyl (C=O) groups excluding carboxylic acids is 1. The van der Waals surface area contributed by atoms with Gasteiger partial charge in [0, 0.05) is 17.4 Å². The van der Waals surface area contributed by atoms with E-state index in [9.17, 15) is 28.5 Å². The molecule has 1 amide bonds. The highest BCUT2D eigenvalue weighted by molar-refractivity contribution is 6.04. The van der Waals surface area contributed by atoms with Crippen LogP contribution in [0, 0.1) is 21.7 Å². The normalized spacial score (nSPS) is 19.1. The van der Waals surface area contributed by atoms with Gasteiger partial charge in [0.2, 0.25) is 0 Å². The van der Waals surface area contributed by atoms with Crippen molar-refractivity contribution < 1.29 is 23.2 Å². The second-order valence-electron chi connectivity index (χ2n) is 10.1. The van der Waals surface area contributed by atoms with Crippen LogP contribution in [0.2, 0.25) is 0 Å². The first-order valence-electron chi connectivity index (χ1n) is 11.8. The molecule has 3 atom stereocenters. The lowest BCUT2D eigenvalue weighted by molar-refractivity contribution is -0.525. The largest absolute Gasteiger partial charge is 0.443 e. The summed E-state index contributed by atoms with van der Waals surface area (Å²) >= 11 is 0. The third-order valence-electron chi connectivity index (χ3n) is 6.45. The Hall–Kier alpha value is -4.75. The Labute approximate surface area is 219 Å². The van der Waals surface area contributed by atoms with Gasteiger partial charge in [-0.25, -0.2) is 28.6 Å². The van der Waals surface area contributed by atoms with Crippen molar-refractivity contribution >= 4 is 22.6 Å². The van der Waals surface area contributed by atoms with Crippen molar-refractivity contribution in [2.45, 2.75) is 44.4 Å². The number of ether oxygens (including phenoxy) is 1. The first-order chi connectivity index (χ1) is 18.4. The molecule has 12 nitrogen and oxygen atoms in total. The predicted molar refractivity (Wildman–Crippen MR) is 134 cm³/mol. The maximum absolute atomic E-state index is 15.0. The van der Waals surface area contributed by atoms with Gasteiger partial charge in [-0.2, -0.15) is 10.2 Å². The number of aromatic amines is 1. The fraction of sp³-hybridized carbons (Fsp3) is 0.320. The van der Waals surface area contributed by atoms with Gasteiger partial charge in [0.1, 0.15) is 29.4 Å². The molecule has 202 valence electrons. The summed E-state index contributed by atoms with van der Waals surface area (Å²) in [6.45, 7) is 4.72. The van der Waals surface area contributed by atoms with Crippen LogP contribution in [-0.4, -0.2) is 47.7 Å². The Kier molecular flexibility index (Phi) is 6.12. The summed E-state index contributed by atoms with van der Waals surface area (Å²) in [5.41, 5.74) is -1.78. The molecule has 2 aromatic carbocycles. The van der Waals surface area contributed by atoms with Crippen LogP contribution in [0.3, 0.4) is 0 Å². The minimum atomic E-state index is -1.93. The van der Waals surface area contributed by atoms with E-state index >= 15 is 0 Å². The van der Waals surface area contributed by atoms with Crippen molar-refractivity contribution in [1.29, 1.82) is 0 Å². The highest BCUT2D eigenvalue weighted by Crippen LogP contribution is 2.49. The number of carbonyl (C=O) groups is 1. The van der Waals surface area contributed by atoms with Crippen molar-refractivity contribution in [2.24, 2.45) is 7.05 Å². The zero-order valence-electron chi connectivity index (χ0n) is 21.3. The number of anilines is 1. The third-order valence-corrected chi connectivity index (χ3v) is 6.45. The van der Waals surface area contributed by atoms with Gasteiger partial charge in [0.05, 0.1) is 28.6 Å². The number of hydrogen-bond acceptors (Lipinski definition) is 8. The van der Waals surface area contributed by atoms with Gasteiger partial charge in [-0.15, -0.1) is 0 Å². The Bertz CT molecular complexity index is 1660.